The van der Waals surface area contributed by atoms with E-state index in [0.29, 0.717) is 11.5 Å². The van der Waals surface area contributed by atoms with E-state index in [1.54, 1.807) is 12.1 Å². The number of hydrogen-bond acceptors (Lipinski definition) is 4. The third-order valence-corrected chi connectivity index (χ3v) is 2.91. The van der Waals surface area contributed by atoms with Crippen molar-refractivity contribution in [3.63, 3.8) is 0 Å². The van der Waals surface area contributed by atoms with Crippen LogP contribution in [0.4, 0.5) is 0 Å². The Morgan fingerprint density at radius 3 is 2.67 bits per heavy atom. The van der Waals surface area contributed by atoms with Gasteiger partial charge in [-0.25, -0.2) is 4.79 Å². The summed E-state index contributed by atoms with van der Waals surface area (Å²) in [6.45, 7) is 3.96. The molecule has 0 amide bonds. The molecule has 0 spiro atoms. The van der Waals surface area contributed by atoms with Gasteiger partial charge in [0.25, 0.3) is 0 Å². The smallest absolute Gasteiger partial charge is 0.347 e. The summed E-state index contributed by atoms with van der Waals surface area (Å²) in [5, 5.41) is 0.748. The van der Waals surface area contributed by atoms with Gasteiger partial charge in [0, 0.05) is 5.39 Å². The Hall–Kier alpha value is -1.94. The number of carbonyl (C=O) groups is 1. The molecule has 0 aliphatic rings. The van der Waals surface area contributed by atoms with Crippen LogP contribution in [-0.4, -0.2) is 12.3 Å². The summed E-state index contributed by atoms with van der Waals surface area (Å²) in [4.78, 5) is 23.1. The van der Waals surface area contributed by atoms with E-state index in [2.05, 4.69) is 13.8 Å². The quantitative estimate of drug-likeness (QED) is 0.663. The summed E-state index contributed by atoms with van der Waals surface area (Å²) < 4.78 is 5.12. The fourth-order valence-corrected chi connectivity index (χ4v) is 1.81. The van der Waals surface area contributed by atoms with Gasteiger partial charge < -0.3 is 10.2 Å². The average Bonchev–Trinajstić information content (AvgIpc) is 2.36. The zero-order valence-corrected chi connectivity index (χ0v) is 10.4. The van der Waals surface area contributed by atoms with Crippen molar-refractivity contribution in [2.24, 2.45) is 5.73 Å². The highest BCUT2D eigenvalue weighted by atomic mass is 16.4. The fraction of sp³-hybridized carbons (Fsp3) is 0.286. The Morgan fingerprint density at radius 1 is 1.33 bits per heavy atom. The second-order valence-corrected chi connectivity index (χ2v) is 4.53. The Kier molecular flexibility index (Phi) is 3.30. The van der Waals surface area contributed by atoms with Crippen LogP contribution in [0.1, 0.15) is 35.7 Å². The Labute approximate surface area is 104 Å². The van der Waals surface area contributed by atoms with Crippen molar-refractivity contribution in [1.82, 2.24) is 0 Å². The minimum atomic E-state index is -0.629. The zero-order chi connectivity index (χ0) is 13.3. The molecule has 1 aromatic carbocycles. The predicted molar refractivity (Wildman–Crippen MR) is 70.0 cm³/mol. The van der Waals surface area contributed by atoms with E-state index >= 15 is 0 Å². The van der Waals surface area contributed by atoms with Crippen molar-refractivity contribution >= 4 is 16.8 Å². The van der Waals surface area contributed by atoms with Crippen molar-refractivity contribution in [1.29, 1.82) is 0 Å². The minimum absolute atomic E-state index is 0.0194. The number of rotatable bonds is 3. The Morgan fingerprint density at radius 2 is 2.06 bits per heavy atom. The maximum Gasteiger partial charge on any atom is 0.347 e. The number of fused-ring (bicyclic) bond motifs is 1. The maximum absolute atomic E-state index is 11.6. The molecule has 0 fully saturated rings. The van der Waals surface area contributed by atoms with Crippen molar-refractivity contribution in [2.45, 2.75) is 19.8 Å². The third kappa shape index (κ3) is 2.19. The van der Waals surface area contributed by atoms with Crippen LogP contribution in [0.2, 0.25) is 0 Å². The second kappa shape index (κ2) is 4.74. The van der Waals surface area contributed by atoms with E-state index in [0.717, 1.165) is 10.9 Å². The predicted octanol–water partition coefficient (Wildman–Crippen LogP) is 2.06. The monoisotopic (exact) mass is 245 g/mol. The van der Waals surface area contributed by atoms with E-state index in [4.69, 9.17) is 10.2 Å². The molecule has 0 saturated carbocycles. The zero-order valence-electron chi connectivity index (χ0n) is 10.4. The molecular formula is C14H15NO3. The standard InChI is InChI=1S/C14H15NO3/c1-8(2)9-3-4-13-10(5-9)6-11(12(16)7-15)14(17)18-13/h3-6,8H,7,15H2,1-2H3. The fourth-order valence-electron chi connectivity index (χ4n) is 1.81. The van der Waals surface area contributed by atoms with Crippen molar-refractivity contribution in [3.05, 3.63) is 45.8 Å². The van der Waals surface area contributed by atoms with Crippen LogP contribution >= 0.6 is 0 Å². The molecule has 4 heteroatoms. The lowest BCUT2D eigenvalue weighted by molar-refractivity contribution is 0.0998. The van der Waals surface area contributed by atoms with Crippen LogP contribution in [0.5, 0.6) is 0 Å². The molecule has 0 atom stereocenters. The summed E-state index contributed by atoms with van der Waals surface area (Å²) >= 11 is 0. The van der Waals surface area contributed by atoms with Crippen LogP contribution in [-0.2, 0) is 0 Å². The lowest BCUT2D eigenvalue weighted by Gasteiger charge is -2.06. The average molecular weight is 245 g/mol. The highest BCUT2D eigenvalue weighted by Gasteiger charge is 2.12. The number of benzene rings is 1. The first-order chi connectivity index (χ1) is 8.52. The van der Waals surface area contributed by atoms with Gasteiger partial charge in [0.2, 0.25) is 0 Å². The molecule has 2 rings (SSSR count). The van der Waals surface area contributed by atoms with Gasteiger partial charge in [0.15, 0.2) is 5.78 Å². The summed E-state index contributed by atoms with van der Waals surface area (Å²) in [7, 11) is 0. The van der Waals surface area contributed by atoms with Crippen LogP contribution in [0.25, 0.3) is 11.0 Å². The number of Topliss-reactive ketones (excluding diaryl/α,β-unsaturated/α-hetero) is 1. The number of carbonyl (C=O) groups excluding carboxylic acids is 1. The SMILES string of the molecule is CC(C)c1ccc2oc(=O)c(C(=O)CN)cc2c1. The van der Waals surface area contributed by atoms with E-state index in [1.165, 1.54) is 0 Å². The summed E-state index contributed by atoms with van der Waals surface area (Å²) in [6.07, 6.45) is 0. The van der Waals surface area contributed by atoms with Crippen LogP contribution in [0, 0.1) is 0 Å². The van der Waals surface area contributed by atoms with Crippen molar-refractivity contribution < 1.29 is 9.21 Å². The van der Waals surface area contributed by atoms with Gasteiger partial charge in [-0.05, 0) is 29.7 Å². The van der Waals surface area contributed by atoms with Gasteiger partial charge in [-0.1, -0.05) is 19.9 Å². The lowest BCUT2D eigenvalue weighted by atomic mass is 10.0. The van der Waals surface area contributed by atoms with Crippen LogP contribution in [0.15, 0.2) is 33.5 Å². The molecule has 0 aliphatic carbocycles. The first-order valence-electron chi connectivity index (χ1n) is 5.84. The van der Waals surface area contributed by atoms with Crippen LogP contribution < -0.4 is 11.4 Å². The first kappa shape index (κ1) is 12.5. The van der Waals surface area contributed by atoms with Gasteiger partial charge in [0.05, 0.1) is 6.54 Å². The molecule has 0 bridgehead atoms. The Balaban J connectivity index is 2.67. The molecule has 0 unspecified atom stereocenters. The van der Waals surface area contributed by atoms with Gasteiger partial charge in [-0.2, -0.15) is 0 Å². The van der Waals surface area contributed by atoms with E-state index < -0.39 is 11.4 Å². The Bertz CT molecular complexity index is 656. The molecule has 1 aromatic heterocycles. The van der Waals surface area contributed by atoms with E-state index in [-0.39, 0.29) is 12.1 Å². The van der Waals surface area contributed by atoms with Crippen molar-refractivity contribution in [3.8, 4) is 0 Å². The molecule has 2 aromatic rings. The van der Waals surface area contributed by atoms with E-state index in [9.17, 15) is 9.59 Å². The van der Waals surface area contributed by atoms with Gasteiger partial charge >= 0.3 is 5.63 Å². The normalized spacial score (nSPS) is 11.1. The highest BCUT2D eigenvalue weighted by molar-refractivity contribution is 5.99. The minimum Gasteiger partial charge on any atom is -0.422 e. The molecule has 0 saturated heterocycles. The summed E-state index contributed by atoms with van der Waals surface area (Å²) in [6, 6.07) is 7.15. The molecule has 4 nitrogen and oxygen atoms in total. The summed E-state index contributed by atoms with van der Waals surface area (Å²) in [5.41, 5.74) is 6.27. The molecule has 0 aliphatic heterocycles. The lowest BCUT2D eigenvalue weighted by Crippen LogP contribution is -2.21. The topological polar surface area (TPSA) is 73.3 Å². The molecule has 1 heterocycles. The van der Waals surface area contributed by atoms with Gasteiger partial charge in [0.1, 0.15) is 11.1 Å². The number of nitrogens with two attached hydrogens (primary N) is 1. The third-order valence-electron chi connectivity index (χ3n) is 2.91. The largest absolute Gasteiger partial charge is 0.422 e. The summed E-state index contributed by atoms with van der Waals surface area (Å²) in [5.74, 6) is -0.0319. The van der Waals surface area contributed by atoms with Gasteiger partial charge in [-0.15, -0.1) is 0 Å². The molecule has 18 heavy (non-hydrogen) atoms. The van der Waals surface area contributed by atoms with Crippen LogP contribution in [0.3, 0.4) is 0 Å². The molecule has 0 radical (unpaired) electrons. The number of hydrogen-bond donors (Lipinski definition) is 1. The van der Waals surface area contributed by atoms with E-state index in [1.807, 2.05) is 12.1 Å². The second-order valence-electron chi connectivity index (χ2n) is 4.53. The number of ketones is 1. The molecule has 2 N–H and O–H groups in total. The van der Waals surface area contributed by atoms with Gasteiger partial charge in [-0.3, -0.25) is 4.79 Å². The highest BCUT2D eigenvalue weighted by Crippen LogP contribution is 2.21. The first-order valence-corrected chi connectivity index (χ1v) is 5.84. The van der Waals surface area contributed by atoms with Crippen molar-refractivity contribution in [2.75, 3.05) is 6.54 Å². The molecular weight excluding hydrogens is 230 g/mol. The molecule has 94 valence electrons. The maximum atomic E-state index is 11.6.